The molecule has 1 amide bonds. The van der Waals surface area contributed by atoms with Crippen LogP contribution in [0.4, 0.5) is 5.69 Å². The lowest BCUT2D eigenvalue weighted by atomic mass is 10.0. The van der Waals surface area contributed by atoms with E-state index in [1.807, 2.05) is 4.90 Å². The zero-order valence-corrected chi connectivity index (χ0v) is 12.7. The molecule has 120 valence electrons. The van der Waals surface area contributed by atoms with Crippen LogP contribution in [0.1, 0.15) is 25.7 Å². The first-order valence-corrected chi connectivity index (χ1v) is 7.51. The summed E-state index contributed by atoms with van der Waals surface area (Å²) in [5.41, 5.74) is 0.708. The van der Waals surface area contributed by atoms with Crippen LogP contribution in [0.3, 0.4) is 0 Å². The molecule has 6 heteroatoms. The third kappa shape index (κ3) is 4.46. The number of methoxy groups -OCH3 is 1. The number of carbonyl (C=O) groups excluding carboxylic acids is 1. The van der Waals surface area contributed by atoms with Gasteiger partial charge >= 0.3 is 5.97 Å². The molecule has 0 saturated carbocycles. The minimum atomic E-state index is -0.796. The van der Waals surface area contributed by atoms with E-state index in [9.17, 15) is 14.7 Å². The molecule has 1 saturated heterocycles. The van der Waals surface area contributed by atoms with E-state index in [1.54, 1.807) is 31.4 Å². The Balaban J connectivity index is 1.82. The minimum absolute atomic E-state index is 0.111. The van der Waals surface area contributed by atoms with Gasteiger partial charge in [0.15, 0.2) is 0 Å². The van der Waals surface area contributed by atoms with E-state index >= 15 is 0 Å². The Morgan fingerprint density at radius 3 is 2.68 bits per heavy atom. The standard InChI is InChI=1S/C16H22N2O4/c1-22-13-7-5-12(6-8-13)17-15(19)9-11-18-10-3-2-4-14(18)16(20)21/h5-8,14H,2-4,9-11H2,1H3,(H,17,19)(H,20,21). The van der Waals surface area contributed by atoms with Crippen molar-refractivity contribution in [1.29, 1.82) is 0 Å². The van der Waals surface area contributed by atoms with Crippen molar-refractivity contribution in [3.8, 4) is 5.75 Å². The van der Waals surface area contributed by atoms with Crippen LogP contribution in [0.25, 0.3) is 0 Å². The van der Waals surface area contributed by atoms with E-state index < -0.39 is 12.0 Å². The molecule has 0 aromatic heterocycles. The van der Waals surface area contributed by atoms with E-state index in [4.69, 9.17) is 4.74 Å². The highest BCUT2D eigenvalue weighted by Gasteiger charge is 2.28. The van der Waals surface area contributed by atoms with Gasteiger partial charge in [-0.15, -0.1) is 0 Å². The third-order valence-electron chi connectivity index (χ3n) is 3.90. The molecule has 0 radical (unpaired) electrons. The number of benzene rings is 1. The molecule has 6 nitrogen and oxygen atoms in total. The molecule has 1 aromatic carbocycles. The topological polar surface area (TPSA) is 78.9 Å². The van der Waals surface area contributed by atoms with Crippen molar-refractivity contribution in [2.45, 2.75) is 31.7 Å². The van der Waals surface area contributed by atoms with Crippen LogP contribution >= 0.6 is 0 Å². The molecule has 0 aliphatic carbocycles. The average molecular weight is 306 g/mol. The third-order valence-corrected chi connectivity index (χ3v) is 3.90. The molecule has 22 heavy (non-hydrogen) atoms. The van der Waals surface area contributed by atoms with E-state index in [0.717, 1.165) is 25.1 Å². The van der Waals surface area contributed by atoms with Crippen molar-refractivity contribution < 1.29 is 19.4 Å². The molecule has 1 unspecified atom stereocenters. The molecular weight excluding hydrogens is 284 g/mol. The lowest BCUT2D eigenvalue weighted by Gasteiger charge is -2.32. The van der Waals surface area contributed by atoms with Gasteiger partial charge in [-0.3, -0.25) is 14.5 Å². The first-order valence-electron chi connectivity index (χ1n) is 7.51. The van der Waals surface area contributed by atoms with Crippen molar-refractivity contribution in [2.24, 2.45) is 0 Å². The van der Waals surface area contributed by atoms with E-state index in [2.05, 4.69) is 5.32 Å². The van der Waals surface area contributed by atoms with Crippen molar-refractivity contribution in [1.82, 2.24) is 4.90 Å². The second-order valence-corrected chi connectivity index (χ2v) is 5.41. The number of hydrogen-bond acceptors (Lipinski definition) is 4. The maximum absolute atomic E-state index is 12.0. The normalized spacial score (nSPS) is 18.7. The van der Waals surface area contributed by atoms with E-state index in [-0.39, 0.29) is 12.3 Å². The van der Waals surface area contributed by atoms with Gasteiger partial charge in [-0.05, 0) is 43.7 Å². The van der Waals surface area contributed by atoms with Gasteiger partial charge < -0.3 is 15.2 Å². The number of carbonyl (C=O) groups is 2. The van der Waals surface area contributed by atoms with Crippen LogP contribution in [-0.4, -0.2) is 48.1 Å². The Morgan fingerprint density at radius 1 is 1.32 bits per heavy atom. The maximum atomic E-state index is 12.0. The van der Waals surface area contributed by atoms with Crippen LogP contribution < -0.4 is 10.1 Å². The average Bonchev–Trinajstić information content (AvgIpc) is 2.54. The number of carboxylic acid groups (broad SMARTS) is 1. The highest BCUT2D eigenvalue weighted by Crippen LogP contribution is 2.18. The zero-order chi connectivity index (χ0) is 15.9. The summed E-state index contributed by atoms with van der Waals surface area (Å²) in [4.78, 5) is 25.1. The Labute approximate surface area is 130 Å². The van der Waals surface area contributed by atoms with Crippen LogP contribution in [0.5, 0.6) is 5.75 Å². The second-order valence-electron chi connectivity index (χ2n) is 5.41. The number of nitrogens with one attached hydrogen (secondary N) is 1. The number of anilines is 1. The number of piperidine rings is 1. The smallest absolute Gasteiger partial charge is 0.320 e. The van der Waals surface area contributed by atoms with Crippen LogP contribution in [0.2, 0.25) is 0 Å². The fourth-order valence-corrected chi connectivity index (χ4v) is 2.68. The molecular formula is C16H22N2O4. The minimum Gasteiger partial charge on any atom is -0.497 e. The summed E-state index contributed by atoms with van der Waals surface area (Å²) < 4.78 is 5.06. The Kier molecular flexibility index (Phi) is 5.77. The summed E-state index contributed by atoms with van der Waals surface area (Å²) >= 11 is 0. The van der Waals surface area contributed by atoms with Crippen molar-refractivity contribution in [3.63, 3.8) is 0 Å². The maximum Gasteiger partial charge on any atom is 0.320 e. The molecule has 2 rings (SSSR count). The SMILES string of the molecule is COc1ccc(NC(=O)CCN2CCCCC2C(=O)O)cc1. The molecule has 1 atom stereocenters. The second kappa shape index (κ2) is 7.79. The highest BCUT2D eigenvalue weighted by atomic mass is 16.5. The van der Waals surface area contributed by atoms with E-state index in [1.165, 1.54) is 0 Å². The molecule has 1 heterocycles. The summed E-state index contributed by atoms with van der Waals surface area (Å²) in [7, 11) is 1.59. The summed E-state index contributed by atoms with van der Waals surface area (Å²) in [6, 6.07) is 6.65. The van der Waals surface area contributed by atoms with Gasteiger partial charge in [0.05, 0.1) is 7.11 Å². The van der Waals surface area contributed by atoms with Crippen LogP contribution in [0.15, 0.2) is 24.3 Å². The van der Waals surface area contributed by atoms with Gasteiger partial charge in [0, 0.05) is 18.7 Å². The largest absolute Gasteiger partial charge is 0.497 e. The number of likely N-dealkylation sites (tertiary alicyclic amines) is 1. The molecule has 2 N–H and O–H groups in total. The summed E-state index contributed by atoms with van der Waals surface area (Å²) in [6.07, 6.45) is 2.88. The van der Waals surface area contributed by atoms with Gasteiger partial charge in [0.2, 0.25) is 5.91 Å². The molecule has 0 bridgehead atoms. The van der Waals surface area contributed by atoms with Gasteiger partial charge in [-0.1, -0.05) is 6.42 Å². The predicted octanol–water partition coefficient (Wildman–Crippen LogP) is 1.96. The Bertz CT molecular complexity index is 515. The van der Waals surface area contributed by atoms with Crippen LogP contribution in [-0.2, 0) is 9.59 Å². The first-order chi connectivity index (χ1) is 10.6. The number of rotatable bonds is 6. The molecule has 1 fully saturated rings. The summed E-state index contributed by atoms with van der Waals surface area (Å²) in [5, 5.41) is 12.0. The Hall–Kier alpha value is -2.08. The lowest BCUT2D eigenvalue weighted by Crippen LogP contribution is -2.45. The predicted molar refractivity (Wildman–Crippen MR) is 83.1 cm³/mol. The van der Waals surface area contributed by atoms with Crippen molar-refractivity contribution >= 4 is 17.6 Å². The van der Waals surface area contributed by atoms with Crippen LogP contribution in [0, 0.1) is 0 Å². The summed E-state index contributed by atoms with van der Waals surface area (Å²) in [6.45, 7) is 1.21. The molecule has 1 aliphatic rings. The van der Waals surface area contributed by atoms with Crippen molar-refractivity contribution in [3.05, 3.63) is 24.3 Å². The van der Waals surface area contributed by atoms with Gasteiger partial charge in [-0.2, -0.15) is 0 Å². The van der Waals surface area contributed by atoms with E-state index in [0.29, 0.717) is 18.7 Å². The highest BCUT2D eigenvalue weighted by molar-refractivity contribution is 5.90. The van der Waals surface area contributed by atoms with Crippen molar-refractivity contribution in [2.75, 3.05) is 25.5 Å². The number of hydrogen-bond donors (Lipinski definition) is 2. The van der Waals surface area contributed by atoms with Gasteiger partial charge in [0.1, 0.15) is 11.8 Å². The number of amides is 1. The zero-order valence-electron chi connectivity index (χ0n) is 12.7. The fraction of sp³-hybridized carbons (Fsp3) is 0.500. The first kappa shape index (κ1) is 16.3. The fourth-order valence-electron chi connectivity index (χ4n) is 2.68. The number of aliphatic carboxylic acids is 1. The monoisotopic (exact) mass is 306 g/mol. The quantitative estimate of drug-likeness (QED) is 0.840. The number of carboxylic acids is 1. The number of nitrogens with zero attached hydrogens (tertiary/aromatic N) is 1. The molecule has 1 aliphatic heterocycles. The number of ether oxygens (including phenoxy) is 1. The Morgan fingerprint density at radius 2 is 2.05 bits per heavy atom. The van der Waals surface area contributed by atoms with Gasteiger partial charge in [0.25, 0.3) is 0 Å². The summed E-state index contributed by atoms with van der Waals surface area (Å²) in [5.74, 6) is -0.175. The van der Waals surface area contributed by atoms with Gasteiger partial charge in [-0.25, -0.2) is 0 Å². The molecule has 0 spiro atoms. The molecule has 1 aromatic rings. The lowest BCUT2D eigenvalue weighted by molar-refractivity contribution is -0.144.